The molecule has 0 spiro atoms. The highest BCUT2D eigenvalue weighted by Crippen LogP contribution is 2.36. The van der Waals surface area contributed by atoms with Crippen molar-refractivity contribution >= 4 is 6.08 Å². The first-order valence-corrected chi connectivity index (χ1v) is 7.37. The second-order valence-electron chi connectivity index (χ2n) is 5.72. The molecule has 3 rings (SSSR count). The van der Waals surface area contributed by atoms with Crippen molar-refractivity contribution in [1.82, 2.24) is 4.90 Å². The average molecular weight is 257 g/mol. The van der Waals surface area contributed by atoms with Crippen LogP contribution < -0.4 is 0 Å². The molecule has 1 aromatic carbocycles. The lowest BCUT2D eigenvalue weighted by atomic mass is 9.99. The van der Waals surface area contributed by atoms with E-state index in [1.54, 1.807) is 0 Å². The van der Waals surface area contributed by atoms with Gasteiger partial charge in [0.05, 0.1) is 6.10 Å². The predicted molar refractivity (Wildman–Crippen MR) is 79.0 cm³/mol. The van der Waals surface area contributed by atoms with Crippen LogP contribution in [-0.2, 0) is 4.74 Å². The Morgan fingerprint density at radius 1 is 1.16 bits per heavy atom. The number of rotatable bonds is 4. The second-order valence-corrected chi connectivity index (χ2v) is 5.72. The molecule has 2 saturated heterocycles. The minimum absolute atomic E-state index is 0.492. The Morgan fingerprint density at radius 3 is 2.47 bits per heavy atom. The van der Waals surface area contributed by atoms with Gasteiger partial charge in [0.2, 0.25) is 0 Å². The van der Waals surface area contributed by atoms with Crippen LogP contribution in [0.15, 0.2) is 36.4 Å². The molecule has 0 N–H and O–H groups in total. The Labute approximate surface area is 116 Å². The zero-order chi connectivity index (χ0) is 13.1. The highest BCUT2D eigenvalue weighted by atomic mass is 16.5. The van der Waals surface area contributed by atoms with Gasteiger partial charge in [0.25, 0.3) is 0 Å². The zero-order valence-electron chi connectivity index (χ0n) is 11.7. The lowest BCUT2D eigenvalue weighted by molar-refractivity contribution is 0.0106. The second kappa shape index (κ2) is 5.89. The minimum atomic E-state index is 0.492. The summed E-state index contributed by atoms with van der Waals surface area (Å²) in [5, 5.41) is 0. The summed E-state index contributed by atoms with van der Waals surface area (Å²) in [6, 6.07) is 12.0. The van der Waals surface area contributed by atoms with Crippen LogP contribution in [0.3, 0.4) is 0 Å². The molecule has 0 radical (unpaired) electrons. The summed E-state index contributed by atoms with van der Waals surface area (Å²) in [6.07, 6.45) is 10.2. The highest BCUT2D eigenvalue weighted by Gasteiger charge is 2.39. The molecule has 2 heteroatoms. The first-order valence-electron chi connectivity index (χ1n) is 7.37. The summed E-state index contributed by atoms with van der Waals surface area (Å²) in [7, 11) is 1.86. The quantitative estimate of drug-likeness (QED) is 0.820. The van der Waals surface area contributed by atoms with E-state index in [0.717, 1.165) is 18.6 Å². The van der Waals surface area contributed by atoms with Crippen molar-refractivity contribution in [3.05, 3.63) is 42.0 Å². The molecule has 2 bridgehead atoms. The lowest BCUT2D eigenvalue weighted by Crippen LogP contribution is -2.45. The number of nitrogens with zero attached hydrogens (tertiary/aromatic N) is 1. The van der Waals surface area contributed by atoms with Crippen molar-refractivity contribution in [3.63, 3.8) is 0 Å². The number of fused-ring (bicyclic) bond motifs is 2. The van der Waals surface area contributed by atoms with E-state index in [0.29, 0.717) is 6.10 Å². The zero-order valence-corrected chi connectivity index (χ0v) is 11.7. The van der Waals surface area contributed by atoms with E-state index >= 15 is 0 Å². The maximum absolute atomic E-state index is 5.55. The summed E-state index contributed by atoms with van der Waals surface area (Å²) >= 11 is 0. The maximum atomic E-state index is 5.55. The summed E-state index contributed by atoms with van der Waals surface area (Å²) < 4.78 is 5.55. The smallest absolute Gasteiger partial charge is 0.0601 e. The van der Waals surface area contributed by atoms with Crippen LogP contribution in [-0.4, -0.2) is 36.7 Å². The standard InChI is InChI=1S/C17H23NO/c1-19-17-12-15-9-10-16(13-17)18(15)11-5-8-14-6-3-2-4-7-14/h2-8,15-17H,9-13H2,1H3/b8-5+/t15-,16+,17?. The summed E-state index contributed by atoms with van der Waals surface area (Å²) in [4.78, 5) is 2.68. The Bertz CT molecular complexity index is 414. The SMILES string of the molecule is COC1C[C@H]2CC[C@@H](C1)N2C/C=C/c1ccccc1. The van der Waals surface area contributed by atoms with E-state index in [1.165, 1.54) is 31.2 Å². The molecule has 1 aromatic rings. The highest BCUT2D eigenvalue weighted by molar-refractivity contribution is 5.48. The van der Waals surface area contributed by atoms with Crippen LogP contribution in [0, 0.1) is 0 Å². The number of ether oxygens (including phenoxy) is 1. The van der Waals surface area contributed by atoms with Crippen LogP contribution in [0.25, 0.3) is 6.08 Å². The van der Waals surface area contributed by atoms with Crippen LogP contribution in [0.5, 0.6) is 0 Å². The van der Waals surface area contributed by atoms with Crippen LogP contribution in [0.4, 0.5) is 0 Å². The molecule has 0 aromatic heterocycles. The third-order valence-corrected chi connectivity index (χ3v) is 4.60. The molecular weight excluding hydrogens is 234 g/mol. The van der Waals surface area contributed by atoms with Crippen LogP contribution in [0.2, 0.25) is 0 Å². The third kappa shape index (κ3) is 2.90. The molecule has 19 heavy (non-hydrogen) atoms. The van der Waals surface area contributed by atoms with Gasteiger partial charge in [0.15, 0.2) is 0 Å². The lowest BCUT2D eigenvalue weighted by Gasteiger charge is -2.37. The summed E-state index contributed by atoms with van der Waals surface area (Å²) in [5.41, 5.74) is 1.29. The molecule has 0 saturated carbocycles. The fraction of sp³-hybridized carbons (Fsp3) is 0.529. The Kier molecular flexibility index (Phi) is 4.00. The molecule has 2 fully saturated rings. The summed E-state index contributed by atoms with van der Waals surface area (Å²) in [5.74, 6) is 0. The van der Waals surface area contributed by atoms with Crippen molar-refractivity contribution in [2.45, 2.75) is 43.9 Å². The van der Waals surface area contributed by atoms with E-state index in [4.69, 9.17) is 4.74 Å². The van der Waals surface area contributed by atoms with Gasteiger partial charge in [-0.05, 0) is 31.2 Å². The molecule has 3 atom stereocenters. The molecule has 2 aliphatic heterocycles. The van der Waals surface area contributed by atoms with Crippen molar-refractivity contribution in [2.75, 3.05) is 13.7 Å². The molecule has 2 heterocycles. The Balaban J connectivity index is 1.58. The van der Waals surface area contributed by atoms with E-state index < -0.39 is 0 Å². The number of hydrogen-bond donors (Lipinski definition) is 0. The molecular formula is C17H23NO. The van der Waals surface area contributed by atoms with Crippen LogP contribution in [0.1, 0.15) is 31.2 Å². The minimum Gasteiger partial charge on any atom is -0.381 e. The van der Waals surface area contributed by atoms with Gasteiger partial charge >= 0.3 is 0 Å². The van der Waals surface area contributed by atoms with Crippen molar-refractivity contribution < 1.29 is 4.74 Å². The predicted octanol–water partition coefficient (Wildman–Crippen LogP) is 3.34. The van der Waals surface area contributed by atoms with E-state index in [1.807, 2.05) is 7.11 Å². The molecule has 1 unspecified atom stereocenters. The van der Waals surface area contributed by atoms with Crippen LogP contribution >= 0.6 is 0 Å². The van der Waals surface area contributed by atoms with E-state index in [2.05, 4.69) is 47.4 Å². The first kappa shape index (κ1) is 12.9. The van der Waals surface area contributed by atoms with Gasteiger partial charge < -0.3 is 4.74 Å². The Hall–Kier alpha value is -1.12. The molecule has 102 valence electrons. The van der Waals surface area contributed by atoms with E-state index in [9.17, 15) is 0 Å². The van der Waals surface area contributed by atoms with E-state index in [-0.39, 0.29) is 0 Å². The van der Waals surface area contributed by atoms with Gasteiger partial charge in [-0.1, -0.05) is 42.5 Å². The van der Waals surface area contributed by atoms with Gasteiger partial charge in [0, 0.05) is 25.7 Å². The maximum Gasteiger partial charge on any atom is 0.0601 e. The topological polar surface area (TPSA) is 12.5 Å². The van der Waals surface area contributed by atoms with Crippen molar-refractivity contribution in [2.24, 2.45) is 0 Å². The normalized spacial score (nSPS) is 31.1. The van der Waals surface area contributed by atoms with Crippen molar-refractivity contribution in [1.29, 1.82) is 0 Å². The largest absolute Gasteiger partial charge is 0.381 e. The molecule has 2 aliphatic rings. The number of piperidine rings is 1. The van der Waals surface area contributed by atoms with Gasteiger partial charge in [-0.2, -0.15) is 0 Å². The first-order chi connectivity index (χ1) is 9.36. The monoisotopic (exact) mass is 257 g/mol. The molecule has 0 amide bonds. The molecule has 2 nitrogen and oxygen atoms in total. The fourth-order valence-corrected chi connectivity index (χ4v) is 3.59. The molecule has 0 aliphatic carbocycles. The number of benzene rings is 1. The van der Waals surface area contributed by atoms with Gasteiger partial charge in [-0.25, -0.2) is 0 Å². The Morgan fingerprint density at radius 2 is 1.84 bits per heavy atom. The van der Waals surface area contributed by atoms with Gasteiger partial charge in [-0.15, -0.1) is 0 Å². The van der Waals surface area contributed by atoms with Crippen molar-refractivity contribution in [3.8, 4) is 0 Å². The fourth-order valence-electron chi connectivity index (χ4n) is 3.59. The number of hydrogen-bond acceptors (Lipinski definition) is 2. The summed E-state index contributed by atoms with van der Waals surface area (Å²) in [6.45, 7) is 1.08. The van der Waals surface area contributed by atoms with Gasteiger partial charge in [-0.3, -0.25) is 4.90 Å². The average Bonchev–Trinajstić information content (AvgIpc) is 2.70. The third-order valence-electron chi connectivity index (χ3n) is 4.60. The van der Waals surface area contributed by atoms with Gasteiger partial charge in [0.1, 0.15) is 0 Å². The number of methoxy groups -OCH3 is 1.